The van der Waals surface area contributed by atoms with Gasteiger partial charge in [-0.15, -0.1) is 12.8 Å². The van der Waals surface area contributed by atoms with Crippen molar-refractivity contribution < 1.29 is 4.98 Å². The molecule has 0 aliphatic rings. The zero-order chi connectivity index (χ0) is 17.7. The SMILES string of the molecule is C#Cc1cc(N(C)C)cc(C#Cc2cc(N(C)C)cc(C#C)[nH+]2)n1. The lowest BCUT2D eigenvalue weighted by Crippen LogP contribution is -2.17. The molecule has 118 valence electrons. The summed E-state index contributed by atoms with van der Waals surface area (Å²) < 4.78 is 0. The zero-order valence-corrected chi connectivity index (χ0v) is 14.3. The van der Waals surface area contributed by atoms with E-state index in [1.165, 1.54) is 0 Å². The van der Waals surface area contributed by atoms with E-state index in [-0.39, 0.29) is 0 Å². The minimum Gasteiger partial charge on any atom is -0.377 e. The Hall–Kier alpha value is -3.42. The van der Waals surface area contributed by atoms with E-state index in [1.54, 1.807) is 0 Å². The van der Waals surface area contributed by atoms with Crippen LogP contribution >= 0.6 is 0 Å². The normalized spacial score (nSPS) is 9.25. The number of pyridine rings is 2. The van der Waals surface area contributed by atoms with E-state index in [1.807, 2.05) is 62.3 Å². The number of anilines is 2. The van der Waals surface area contributed by atoms with Crippen LogP contribution < -0.4 is 14.8 Å². The maximum atomic E-state index is 5.50. The second kappa shape index (κ2) is 7.23. The van der Waals surface area contributed by atoms with Crippen LogP contribution in [0.1, 0.15) is 22.8 Å². The molecule has 0 radical (unpaired) electrons. The Kier molecular flexibility index (Phi) is 5.10. The standard InChI is InChI=1S/C20H18N4/c1-7-15-11-19(23(3)4)13-17(21-15)9-10-18-14-20(24(5)6)12-16(8-2)22-18/h1-2,11-14H,3-6H3/p+1. The number of aromatic amines is 1. The maximum absolute atomic E-state index is 5.50. The topological polar surface area (TPSA) is 33.5 Å². The Labute approximate surface area is 143 Å². The Morgan fingerprint density at radius 1 is 0.792 bits per heavy atom. The number of H-pyrrole nitrogens is 1. The fourth-order valence-corrected chi connectivity index (χ4v) is 2.00. The minimum atomic E-state index is 0.556. The van der Waals surface area contributed by atoms with Gasteiger partial charge >= 0.3 is 0 Å². The predicted molar refractivity (Wildman–Crippen MR) is 97.7 cm³/mol. The molecular weight excluding hydrogens is 296 g/mol. The number of aromatic nitrogens is 2. The Balaban J connectivity index is 2.47. The van der Waals surface area contributed by atoms with Gasteiger partial charge in [-0.1, -0.05) is 5.92 Å². The summed E-state index contributed by atoms with van der Waals surface area (Å²) in [5.74, 6) is 11.3. The molecule has 2 aromatic rings. The summed E-state index contributed by atoms with van der Waals surface area (Å²) >= 11 is 0. The van der Waals surface area contributed by atoms with E-state index in [0.29, 0.717) is 22.8 Å². The molecular formula is C20H19N4+. The smallest absolute Gasteiger partial charge is 0.258 e. The summed E-state index contributed by atoms with van der Waals surface area (Å²) in [6.07, 6.45) is 11.0. The first-order chi connectivity index (χ1) is 11.4. The highest BCUT2D eigenvalue weighted by Crippen LogP contribution is 2.14. The number of nitrogens with zero attached hydrogens (tertiary/aromatic N) is 3. The molecule has 2 rings (SSSR count). The molecule has 0 unspecified atom stereocenters. The molecule has 0 amide bonds. The third kappa shape index (κ3) is 4.07. The van der Waals surface area contributed by atoms with Crippen molar-refractivity contribution in [2.75, 3.05) is 38.0 Å². The van der Waals surface area contributed by atoms with Gasteiger partial charge in [0.1, 0.15) is 11.4 Å². The number of rotatable bonds is 2. The van der Waals surface area contributed by atoms with Crippen molar-refractivity contribution >= 4 is 11.4 Å². The summed E-state index contributed by atoms with van der Waals surface area (Å²) in [4.78, 5) is 11.4. The first-order valence-corrected chi connectivity index (χ1v) is 7.32. The molecule has 0 saturated carbocycles. The number of hydrogen-bond acceptors (Lipinski definition) is 3. The average molecular weight is 315 g/mol. The summed E-state index contributed by atoms with van der Waals surface area (Å²) in [5, 5.41) is 0. The molecule has 1 N–H and O–H groups in total. The van der Waals surface area contributed by atoms with Gasteiger partial charge in [0, 0.05) is 51.9 Å². The molecule has 0 spiro atoms. The van der Waals surface area contributed by atoms with E-state index >= 15 is 0 Å². The number of hydrogen-bond donors (Lipinski definition) is 0. The average Bonchev–Trinajstić information content (AvgIpc) is 2.59. The van der Waals surface area contributed by atoms with E-state index in [9.17, 15) is 0 Å². The molecule has 0 saturated heterocycles. The third-order valence-corrected chi connectivity index (χ3v) is 3.33. The Morgan fingerprint density at radius 2 is 1.38 bits per heavy atom. The van der Waals surface area contributed by atoms with Gasteiger partial charge in [0.15, 0.2) is 0 Å². The van der Waals surface area contributed by atoms with Crippen LogP contribution in [0.4, 0.5) is 11.4 Å². The van der Waals surface area contributed by atoms with Gasteiger partial charge in [-0.3, -0.25) is 0 Å². The molecule has 4 heteroatoms. The van der Waals surface area contributed by atoms with Crippen LogP contribution in [0.25, 0.3) is 0 Å². The third-order valence-electron chi connectivity index (χ3n) is 3.33. The molecule has 0 atom stereocenters. The highest BCUT2D eigenvalue weighted by atomic mass is 15.1. The van der Waals surface area contributed by atoms with Crippen LogP contribution in [0.15, 0.2) is 24.3 Å². The summed E-state index contributed by atoms with van der Waals surface area (Å²) in [6.45, 7) is 0. The molecule has 2 heterocycles. The van der Waals surface area contributed by atoms with Gasteiger partial charge in [0.2, 0.25) is 0 Å². The summed E-state index contributed by atoms with van der Waals surface area (Å²) in [7, 11) is 7.79. The Morgan fingerprint density at radius 3 is 1.96 bits per heavy atom. The van der Waals surface area contributed by atoms with Crippen LogP contribution in [-0.4, -0.2) is 33.2 Å². The van der Waals surface area contributed by atoms with Gasteiger partial charge in [0.05, 0.1) is 5.69 Å². The molecule has 0 aliphatic carbocycles. The van der Waals surface area contributed by atoms with Gasteiger partial charge in [-0.25, -0.2) is 4.98 Å². The fourth-order valence-electron chi connectivity index (χ4n) is 2.00. The lowest BCUT2D eigenvalue weighted by molar-refractivity contribution is -0.385. The van der Waals surface area contributed by atoms with Crippen LogP contribution in [0.2, 0.25) is 0 Å². The maximum Gasteiger partial charge on any atom is 0.258 e. The largest absolute Gasteiger partial charge is 0.377 e. The lowest BCUT2D eigenvalue weighted by Gasteiger charge is -2.12. The second-order valence-electron chi connectivity index (χ2n) is 5.59. The molecule has 0 aromatic carbocycles. The molecule has 2 aromatic heterocycles. The molecule has 0 fully saturated rings. The monoisotopic (exact) mass is 315 g/mol. The van der Waals surface area contributed by atoms with E-state index in [0.717, 1.165) is 11.4 Å². The van der Waals surface area contributed by atoms with E-state index < -0.39 is 0 Å². The molecule has 24 heavy (non-hydrogen) atoms. The van der Waals surface area contributed by atoms with Crippen LogP contribution in [-0.2, 0) is 0 Å². The highest BCUT2D eigenvalue weighted by Gasteiger charge is 2.08. The summed E-state index contributed by atoms with van der Waals surface area (Å²) in [5.41, 5.74) is 4.49. The molecule has 0 bridgehead atoms. The van der Waals surface area contributed by atoms with Crippen molar-refractivity contribution in [3.05, 3.63) is 47.0 Å². The number of nitrogens with one attached hydrogen (secondary N) is 1. The van der Waals surface area contributed by atoms with Crippen molar-refractivity contribution in [1.29, 1.82) is 0 Å². The van der Waals surface area contributed by atoms with Crippen molar-refractivity contribution in [2.45, 2.75) is 0 Å². The first-order valence-electron chi connectivity index (χ1n) is 7.32. The fraction of sp³-hybridized carbons (Fsp3) is 0.200. The van der Waals surface area contributed by atoms with Crippen molar-refractivity contribution in [1.82, 2.24) is 4.98 Å². The minimum absolute atomic E-state index is 0.556. The van der Waals surface area contributed by atoms with Gasteiger partial charge in [0.25, 0.3) is 11.4 Å². The highest BCUT2D eigenvalue weighted by molar-refractivity contribution is 5.54. The first kappa shape index (κ1) is 16.9. The van der Waals surface area contributed by atoms with Crippen LogP contribution in [0.3, 0.4) is 0 Å². The van der Waals surface area contributed by atoms with Crippen LogP contribution in [0.5, 0.6) is 0 Å². The van der Waals surface area contributed by atoms with Crippen LogP contribution in [0, 0.1) is 36.5 Å². The van der Waals surface area contributed by atoms with E-state index in [2.05, 4.69) is 33.6 Å². The summed E-state index contributed by atoms with van der Waals surface area (Å²) in [6, 6.07) is 7.57. The van der Waals surface area contributed by atoms with Crippen molar-refractivity contribution in [3.63, 3.8) is 0 Å². The number of terminal acetylenes is 2. The lowest BCUT2D eigenvalue weighted by atomic mass is 10.2. The molecule has 0 aliphatic heterocycles. The predicted octanol–water partition coefficient (Wildman–Crippen LogP) is 1.39. The van der Waals surface area contributed by atoms with Gasteiger partial charge in [-0.05, 0) is 24.0 Å². The second-order valence-corrected chi connectivity index (χ2v) is 5.59. The van der Waals surface area contributed by atoms with Crippen molar-refractivity contribution in [3.8, 4) is 36.5 Å². The molecule has 4 nitrogen and oxygen atoms in total. The van der Waals surface area contributed by atoms with Gasteiger partial charge < -0.3 is 9.80 Å². The van der Waals surface area contributed by atoms with E-state index in [4.69, 9.17) is 12.8 Å². The van der Waals surface area contributed by atoms with Gasteiger partial charge in [-0.2, -0.15) is 4.98 Å². The quantitative estimate of drug-likeness (QED) is 0.785. The van der Waals surface area contributed by atoms with Crippen molar-refractivity contribution in [2.24, 2.45) is 0 Å². The Bertz CT molecular complexity index is 826. The zero-order valence-electron chi connectivity index (χ0n) is 14.3.